The topological polar surface area (TPSA) is 28.0 Å². The largest absolute Gasteiger partial charge is 0.269 e. The Hall–Kier alpha value is -1.64. The first-order valence-corrected chi connectivity index (χ1v) is 7.80. The minimum Gasteiger partial charge on any atom is -0.269 e. The van der Waals surface area contributed by atoms with Crippen molar-refractivity contribution in [2.75, 3.05) is 0 Å². The van der Waals surface area contributed by atoms with E-state index in [0.29, 0.717) is 12.1 Å². The number of hydrogen-bond donors (Lipinski definition) is 0. The molecule has 0 aromatic heterocycles. The Morgan fingerprint density at radius 1 is 1.10 bits per heavy atom. The number of allylic oxidation sites excluding steroid dienone is 2. The molecule has 0 radical (unpaired) electrons. The molecule has 5 rings (SSSR count). The lowest BCUT2D eigenvalue weighted by atomic mass is 9.76. The maximum absolute atomic E-state index is 4.64. The molecule has 2 saturated carbocycles. The molecule has 1 heterocycles. The molecule has 3 heteroatoms. The van der Waals surface area contributed by atoms with E-state index in [2.05, 4.69) is 57.8 Å². The van der Waals surface area contributed by atoms with Crippen LogP contribution in [0.25, 0.3) is 0 Å². The summed E-state index contributed by atoms with van der Waals surface area (Å²) in [6.45, 7) is 0.913. The van der Waals surface area contributed by atoms with Crippen molar-refractivity contribution in [2.45, 2.75) is 31.5 Å². The van der Waals surface area contributed by atoms with Crippen molar-refractivity contribution in [3.05, 3.63) is 48.0 Å². The average molecular weight is 265 g/mol. The number of nitrogens with zero attached hydrogens (tertiary/aromatic N) is 3. The van der Waals surface area contributed by atoms with Crippen molar-refractivity contribution in [3.63, 3.8) is 0 Å². The van der Waals surface area contributed by atoms with Crippen LogP contribution in [-0.4, -0.2) is 17.1 Å². The number of hydrogen-bond acceptors (Lipinski definition) is 3. The third kappa shape index (κ3) is 1.36. The smallest absolute Gasteiger partial charge is 0.0983 e. The van der Waals surface area contributed by atoms with Crippen LogP contribution in [-0.2, 0) is 6.54 Å². The van der Waals surface area contributed by atoms with Gasteiger partial charge in [0.25, 0.3) is 0 Å². The zero-order valence-corrected chi connectivity index (χ0v) is 11.5. The fraction of sp³-hybridized carbons (Fsp3) is 0.529. The van der Waals surface area contributed by atoms with Crippen molar-refractivity contribution >= 4 is 0 Å². The molecule has 1 aliphatic heterocycles. The Bertz CT molecular complexity index is 579. The van der Waals surface area contributed by atoms with Crippen molar-refractivity contribution in [3.8, 4) is 0 Å². The first-order valence-electron chi connectivity index (χ1n) is 7.80. The minimum absolute atomic E-state index is 0.477. The Morgan fingerprint density at radius 3 is 2.90 bits per heavy atom. The van der Waals surface area contributed by atoms with Crippen LogP contribution in [0.2, 0.25) is 0 Å². The van der Waals surface area contributed by atoms with Crippen molar-refractivity contribution in [1.29, 1.82) is 0 Å². The molecular weight excluding hydrogens is 246 g/mol. The van der Waals surface area contributed by atoms with E-state index in [0.717, 1.165) is 30.2 Å². The molecule has 20 heavy (non-hydrogen) atoms. The maximum Gasteiger partial charge on any atom is 0.0983 e. The summed E-state index contributed by atoms with van der Waals surface area (Å²) < 4.78 is 0. The van der Waals surface area contributed by atoms with Crippen LogP contribution in [0.1, 0.15) is 18.4 Å². The second kappa shape index (κ2) is 3.94. The quantitative estimate of drug-likeness (QED) is 0.753. The highest BCUT2D eigenvalue weighted by Crippen LogP contribution is 2.60. The standard InChI is InChI=1S/C17H19N3/c1-2-5-11(6-3-1)10-20-17-15-9-14(16(17)18-19-20)12-7-4-8-13(12)15/h1-6,8,12-17H,7,9-10H2/t12-,13-,14+,15+,16-,17+/m0/s1. The molecule has 4 aliphatic rings. The molecule has 3 aliphatic carbocycles. The zero-order valence-electron chi connectivity index (χ0n) is 11.5. The summed E-state index contributed by atoms with van der Waals surface area (Å²) in [7, 11) is 0. The van der Waals surface area contributed by atoms with Crippen LogP contribution >= 0.6 is 0 Å². The summed E-state index contributed by atoms with van der Waals surface area (Å²) in [6, 6.07) is 11.7. The van der Waals surface area contributed by atoms with E-state index < -0.39 is 0 Å². The van der Waals surface area contributed by atoms with Gasteiger partial charge in [-0.2, -0.15) is 5.11 Å². The second-order valence-electron chi connectivity index (χ2n) is 6.74. The van der Waals surface area contributed by atoms with E-state index >= 15 is 0 Å². The molecule has 2 bridgehead atoms. The van der Waals surface area contributed by atoms with Gasteiger partial charge in [-0.05, 0) is 42.1 Å². The van der Waals surface area contributed by atoms with Gasteiger partial charge in [0.2, 0.25) is 0 Å². The summed E-state index contributed by atoms with van der Waals surface area (Å²) in [5, 5.41) is 11.4. The Labute approximate surface area is 119 Å². The van der Waals surface area contributed by atoms with Gasteiger partial charge in [-0.25, -0.2) is 0 Å². The van der Waals surface area contributed by atoms with Gasteiger partial charge in [-0.15, -0.1) is 0 Å². The van der Waals surface area contributed by atoms with Gasteiger partial charge in [0.05, 0.1) is 18.6 Å². The van der Waals surface area contributed by atoms with E-state index in [9.17, 15) is 0 Å². The first-order chi connectivity index (χ1) is 9.92. The Balaban J connectivity index is 1.42. The van der Waals surface area contributed by atoms with Crippen molar-refractivity contribution in [2.24, 2.45) is 34.0 Å². The Kier molecular flexibility index (Phi) is 2.18. The van der Waals surface area contributed by atoms with E-state index in [1.165, 1.54) is 18.4 Å². The minimum atomic E-state index is 0.477. The molecule has 0 saturated heterocycles. The van der Waals surface area contributed by atoms with Gasteiger partial charge in [0.15, 0.2) is 0 Å². The number of benzene rings is 1. The lowest BCUT2D eigenvalue weighted by Gasteiger charge is -2.35. The van der Waals surface area contributed by atoms with Gasteiger partial charge < -0.3 is 0 Å². The molecule has 0 unspecified atom stereocenters. The summed E-state index contributed by atoms with van der Waals surface area (Å²) in [5.41, 5.74) is 1.34. The molecule has 0 spiro atoms. The third-order valence-corrected chi connectivity index (χ3v) is 5.91. The second-order valence-corrected chi connectivity index (χ2v) is 6.74. The van der Waals surface area contributed by atoms with Crippen LogP contribution < -0.4 is 0 Å². The Morgan fingerprint density at radius 2 is 2.00 bits per heavy atom. The molecule has 6 atom stereocenters. The molecule has 1 aromatic carbocycles. The lowest BCUT2D eigenvalue weighted by molar-refractivity contribution is 0.119. The van der Waals surface area contributed by atoms with Crippen LogP contribution in [0.3, 0.4) is 0 Å². The predicted octanol–water partition coefficient (Wildman–Crippen LogP) is 3.45. The summed E-state index contributed by atoms with van der Waals surface area (Å²) >= 11 is 0. The normalized spacial score (nSPS) is 43.3. The lowest BCUT2D eigenvalue weighted by Crippen LogP contribution is -2.44. The molecule has 2 fully saturated rings. The highest BCUT2D eigenvalue weighted by Gasteiger charge is 2.61. The predicted molar refractivity (Wildman–Crippen MR) is 76.8 cm³/mol. The third-order valence-electron chi connectivity index (χ3n) is 5.91. The number of fused-ring (bicyclic) bond motifs is 8. The summed E-state index contributed by atoms with van der Waals surface area (Å²) in [6.07, 6.45) is 7.53. The molecule has 1 aromatic rings. The fourth-order valence-electron chi connectivity index (χ4n) is 5.17. The molecule has 0 N–H and O–H groups in total. The molecular formula is C17H19N3. The average Bonchev–Trinajstić information content (AvgIpc) is 3.18. The van der Waals surface area contributed by atoms with E-state index in [1.54, 1.807) is 0 Å². The van der Waals surface area contributed by atoms with Crippen molar-refractivity contribution < 1.29 is 0 Å². The van der Waals surface area contributed by atoms with Crippen molar-refractivity contribution in [1.82, 2.24) is 5.01 Å². The van der Waals surface area contributed by atoms with Crippen LogP contribution in [0.15, 0.2) is 52.8 Å². The van der Waals surface area contributed by atoms with Crippen LogP contribution in [0, 0.1) is 23.7 Å². The highest BCUT2D eigenvalue weighted by molar-refractivity contribution is 5.22. The monoisotopic (exact) mass is 265 g/mol. The van der Waals surface area contributed by atoms with Crippen LogP contribution in [0.4, 0.5) is 0 Å². The molecule has 0 amide bonds. The summed E-state index contributed by atoms with van der Waals surface area (Å²) in [4.78, 5) is 0. The maximum atomic E-state index is 4.64. The van der Waals surface area contributed by atoms with Gasteiger partial charge in [-0.1, -0.05) is 47.7 Å². The fourth-order valence-corrected chi connectivity index (χ4v) is 5.17. The van der Waals surface area contributed by atoms with E-state index in [1.807, 2.05) is 0 Å². The highest BCUT2D eigenvalue weighted by atomic mass is 15.6. The van der Waals surface area contributed by atoms with Gasteiger partial charge in [0, 0.05) is 0 Å². The molecule has 102 valence electrons. The SMILES string of the molecule is C1=C[C@@H]2[C@H]3C[C@H]([C@H]2C1)[C@@H]1N=NN(Cc2ccccc2)[C@H]31. The van der Waals surface area contributed by atoms with Gasteiger partial charge >= 0.3 is 0 Å². The van der Waals surface area contributed by atoms with E-state index in [-0.39, 0.29) is 0 Å². The van der Waals surface area contributed by atoms with E-state index in [4.69, 9.17) is 0 Å². The zero-order chi connectivity index (χ0) is 13.1. The summed E-state index contributed by atoms with van der Waals surface area (Å²) in [5.74, 6) is 3.25. The van der Waals surface area contributed by atoms with Gasteiger partial charge in [0.1, 0.15) is 0 Å². The van der Waals surface area contributed by atoms with Gasteiger partial charge in [-0.3, -0.25) is 5.01 Å². The number of rotatable bonds is 2. The van der Waals surface area contributed by atoms with Crippen LogP contribution in [0.5, 0.6) is 0 Å². The first kappa shape index (κ1) is 11.1. The molecule has 3 nitrogen and oxygen atoms in total.